The van der Waals surface area contributed by atoms with Crippen LogP contribution in [-0.4, -0.2) is 24.0 Å². The van der Waals surface area contributed by atoms with Gasteiger partial charge in [0, 0.05) is 25.7 Å². The van der Waals surface area contributed by atoms with Crippen LogP contribution in [0.3, 0.4) is 0 Å². The third-order valence-electron chi connectivity index (χ3n) is 3.00. The molecule has 1 heterocycles. The number of hydrogen-bond donors (Lipinski definition) is 1. The molecule has 1 fully saturated rings. The number of nitrogens with two attached hydrogens (primary N) is 1. The van der Waals surface area contributed by atoms with Gasteiger partial charge in [-0.15, -0.1) is 0 Å². The van der Waals surface area contributed by atoms with Gasteiger partial charge in [-0.05, 0) is 25.8 Å². The predicted molar refractivity (Wildman–Crippen MR) is 63.8 cm³/mol. The van der Waals surface area contributed by atoms with Crippen LogP contribution in [0.15, 0.2) is 18.2 Å². The first-order valence-electron chi connectivity index (χ1n) is 5.68. The number of likely N-dealkylation sites (tertiary alicyclic amines) is 1. The first-order chi connectivity index (χ1) is 7.13. The Kier molecular flexibility index (Phi) is 3.08. The zero-order valence-corrected chi connectivity index (χ0v) is 9.66. The van der Waals surface area contributed by atoms with E-state index in [4.69, 9.17) is 5.73 Å². The van der Waals surface area contributed by atoms with Crippen LogP contribution in [0, 0.1) is 13.8 Å². The highest BCUT2D eigenvalue weighted by atomic mass is 15.2. The van der Waals surface area contributed by atoms with E-state index in [-0.39, 0.29) is 0 Å². The Morgan fingerprint density at radius 2 is 1.93 bits per heavy atom. The standard InChI is InChI=1S/C13H20N2/c1-10-5-11(2)7-12(6-10)8-15-4-3-13(14)9-15/h5-7,13H,3-4,8-9,14H2,1-2H3/t13-/m0/s1. The van der Waals surface area contributed by atoms with E-state index >= 15 is 0 Å². The molecular formula is C13H20N2. The van der Waals surface area contributed by atoms with Crippen molar-refractivity contribution in [2.45, 2.75) is 32.9 Å². The highest BCUT2D eigenvalue weighted by molar-refractivity contribution is 5.28. The zero-order chi connectivity index (χ0) is 10.8. The average molecular weight is 204 g/mol. The maximum atomic E-state index is 5.90. The fourth-order valence-corrected chi connectivity index (χ4v) is 2.42. The van der Waals surface area contributed by atoms with Gasteiger partial charge in [-0.1, -0.05) is 29.3 Å². The predicted octanol–water partition coefficient (Wildman–Crippen LogP) is 1.84. The van der Waals surface area contributed by atoms with Crippen molar-refractivity contribution in [2.75, 3.05) is 13.1 Å². The smallest absolute Gasteiger partial charge is 0.0234 e. The summed E-state index contributed by atoms with van der Waals surface area (Å²) >= 11 is 0. The summed E-state index contributed by atoms with van der Waals surface area (Å²) in [6, 6.07) is 7.16. The first-order valence-corrected chi connectivity index (χ1v) is 5.68. The molecular weight excluding hydrogens is 184 g/mol. The maximum Gasteiger partial charge on any atom is 0.0234 e. The summed E-state index contributed by atoms with van der Waals surface area (Å²) in [6.45, 7) is 7.57. The highest BCUT2D eigenvalue weighted by Gasteiger charge is 2.18. The molecule has 2 heteroatoms. The van der Waals surface area contributed by atoms with Crippen LogP contribution >= 0.6 is 0 Å². The highest BCUT2D eigenvalue weighted by Crippen LogP contribution is 2.15. The van der Waals surface area contributed by atoms with Gasteiger partial charge in [0.2, 0.25) is 0 Å². The van der Waals surface area contributed by atoms with Crippen LogP contribution < -0.4 is 5.73 Å². The van der Waals surface area contributed by atoms with Crippen molar-refractivity contribution < 1.29 is 0 Å². The average Bonchev–Trinajstić information content (AvgIpc) is 2.49. The first kappa shape index (κ1) is 10.7. The van der Waals surface area contributed by atoms with Crippen LogP contribution in [-0.2, 0) is 6.54 Å². The molecule has 1 atom stereocenters. The molecule has 2 rings (SSSR count). The van der Waals surface area contributed by atoms with Crippen molar-refractivity contribution in [3.8, 4) is 0 Å². The molecule has 0 unspecified atom stereocenters. The molecule has 1 aromatic rings. The van der Waals surface area contributed by atoms with Gasteiger partial charge in [-0.2, -0.15) is 0 Å². The van der Waals surface area contributed by atoms with Crippen LogP contribution in [0.25, 0.3) is 0 Å². The Morgan fingerprint density at radius 3 is 2.47 bits per heavy atom. The van der Waals surface area contributed by atoms with Crippen LogP contribution in [0.1, 0.15) is 23.1 Å². The quantitative estimate of drug-likeness (QED) is 0.796. The third-order valence-corrected chi connectivity index (χ3v) is 3.00. The Bertz CT molecular complexity index is 326. The van der Waals surface area contributed by atoms with E-state index in [0.717, 1.165) is 26.1 Å². The maximum absolute atomic E-state index is 5.90. The van der Waals surface area contributed by atoms with Gasteiger partial charge in [-0.3, -0.25) is 4.90 Å². The summed E-state index contributed by atoms with van der Waals surface area (Å²) in [5.74, 6) is 0. The fraction of sp³-hybridized carbons (Fsp3) is 0.538. The molecule has 1 saturated heterocycles. The second-order valence-corrected chi connectivity index (χ2v) is 4.78. The molecule has 2 N–H and O–H groups in total. The third kappa shape index (κ3) is 2.80. The van der Waals surface area contributed by atoms with Gasteiger partial charge >= 0.3 is 0 Å². The summed E-state index contributed by atoms with van der Waals surface area (Å²) in [5.41, 5.74) is 10.0. The number of aryl methyl sites for hydroxylation is 2. The molecule has 2 nitrogen and oxygen atoms in total. The van der Waals surface area contributed by atoms with Gasteiger partial charge in [-0.25, -0.2) is 0 Å². The van der Waals surface area contributed by atoms with Crippen LogP contribution in [0.4, 0.5) is 0 Å². The minimum absolute atomic E-state index is 0.385. The molecule has 0 radical (unpaired) electrons. The van der Waals surface area contributed by atoms with Crippen LogP contribution in [0.5, 0.6) is 0 Å². The molecule has 0 saturated carbocycles. The van der Waals surface area contributed by atoms with Gasteiger partial charge in [0.1, 0.15) is 0 Å². The van der Waals surface area contributed by atoms with Crippen LogP contribution in [0.2, 0.25) is 0 Å². The number of benzene rings is 1. The summed E-state index contributed by atoms with van der Waals surface area (Å²) < 4.78 is 0. The lowest BCUT2D eigenvalue weighted by molar-refractivity contribution is 0.327. The monoisotopic (exact) mass is 204 g/mol. The van der Waals surface area contributed by atoms with E-state index in [1.54, 1.807) is 0 Å². The summed E-state index contributed by atoms with van der Waals surface area (Å²) in [4.78, 5) is 2.44. The van der Waals surface area contributed by atoms with Gasteiger partial charge < -0.3 is 5.73 Å². The van der Waals surface area contributed by atoms with Crippen molar-refractivity contribution in [3.05, 3.63) is 34.9 Å². The lowest BCUT2D eigenvalue weighted by atomic mass is 10.1. The van der Waals surface area contributed by atoms with E-state index in [9.17, 15) is 0 Å². The van der Waals surface area contributed by atoms with E-state index in [1.165, 1.54) is 16.7 Å². The minimum atomic E-state index is 0.385. The topological polar surface area (TPSA) is 29.3 Å². The van der Waals surface area contributed by atoms with Crippen molar-refractivity contribution >= 4 is 0 Å². The summed E-state index contributed by atoms with van der Waals surface area (Å²) in [7, 11) is 0. The fourth-order valence-electron chi connectivity index (χ4n) is 2.42. The van der Waals surface area contributed by atoms with Crippen molar-refractivity contribution in [3.63, 3.8) is 0 Å². The van der Waals surface area contributed by atoms with E-state index in [0.29, 0.717) is 6.04 Å². The SMILES string of the molecule is Cc1cc(C)cc(CN2CC[C@H](N)C2)c1. The molecule has 82 valence electrons. The molecule has 15 heavy (non-hydrogen) atoms. The lowest BCUT2D eigenvalue weighted by Crippen LogP contribution is -2.26. The molecule has 0 bridgehead atoms. The number of hydrogen-bond acceptors (Lipinski definition) is 2. The molecule has 1 aliphatic rings. The normalized spacial score (nSPS) is 22.2. The van der Waals surface area contributed by atoms with Crippen molar-refractivity contribution in [1.29, 1.82) is 0 Å². The van der Waals surface area contributed by atoms with E-state index in [1.807, 2.05) is 0 Å². The van der Waals surface area contributed by atoms with E-state index in [2.05, 4.69) is 36.9 Å². The zero-order valence-electron chi connectivity index (χ0n) is 9.66. The van der Waals surface area contributed by atoms with Crippen molar-refractivity contribution in [2.24, 2.45) is 5.73 Å². The van der Waals surface area contributed by atoms with Gasteiger partial charge in [0.05, 0.1) is 0 Å². The second kappa shape index (κ2) is 4.33. The molecule has 0 aliphatic carbocycles. The Morgan fingerprint density at radius 1 is 1.27 bits per heavy atom. The van der Waals surface area contributed by atoms with E-state index < -0.39 is 0 Å². The summed E-state index contributed by atoms with van der Waals surface area (Å²) in [5, 5.41) is 0. The van der Waals surface area contributed by atoms with Gasteiger partial charge in [0.25, 0.3) is 0 Å². The molecule has 0 spiro atoms. The number of rotatable bonds is 2. The lowest BCUT2D eigenvalue weighted by Gasteiger charge is -2.15. The Hall–Kier alpha value is -0.860. The molecule has 1 aliphatic heterocycles. The largest absolute Gasteiger partial charge is 0.326 e. The molecule has 0 aromatic heterocycles. The minimum Gasteiger partial charge on any atom is -0.326 e. The summed E-state index contributed by atoms with van der Waals surface area (Å²) in [6.07, 6.45) is 1.14. The number of nitrogens with zero attached hydrogens (tertiary/aromatic N) is 1. The Labute approximate surface area is 92.1 Å². The van der Waals surface area contributed by atoms with Gasteiger partial charge in [0.15, 0.2) is 0 Å². The Balaban J connectivity index is 2.04. The molecule has 0 amide bonds. The van der Waals surface area contributed by atoms with Crippen molar-refractivity contribution in [1.82, 2.24) is 4.90 Å². The second-order valence-electron chi connectivity index (χ2n) is 4.78. The molecule has 1 aromatic carbocycles.